The minimum atomic E-state index is -3.82. The molecule has 188 valence electrons. The SMILES string of the molecule is Cc1ccc(S(=O)(=O)Nc2nc(C)c(C3=C(C#N)C(c4ccccc4)n4c(nc5ccccc54)N3)s2)cc1. The van der Waals surface area contributed by atoms with Crippen molar-refractivity contribution >= 4 is 49.2 Å². The molecular weight excluding hydrogens is 516 g/mol. The maximum atomic E-state index is 13.0. The van der Waals surface area contributed by atoms with Crippen molar-refractivity contribution in [2.24, 2.45) is 0 Å². The minimum absolute atomic E-state index is 0.156. The predicted octanol–water partition coefficient (Wildman–Crippen LogP) is 5.86. The molecule has 0 saturated carbocycles. The maximum absolute atomic E-state index is 13.0. The number of aromatic nitrogens is 3. The molecule has 38 heavy (non-hydrogen) atoms. The summed E-state index contributed by atoms with van der Waals surface area (Å²) < 4.78 is 30.6. The first kappa shape index (κ1) is 23.9. The molecule has 0 spiro atoms. The van der Waals surface area contributed by atoms with Crippen molar-refractivity contribution in [1.29, 1.82) is 5.26 Å². The zero-order valence-corrected chi connectivity index (χ0v) is 22.1. The van der Waals surface area contributed by atoms with Gasteiger partial charge in [-0.1, -0.05) is 71.5 Å². The number of aryl methyl sites for hydroxylation is 2. The molecule has 0 radical (unpaired) electrons. The van der Waals surface area contributed by atoms with Gasteiger partial charge in [0.15, 0.2) is 5.13 Å². The molecule has 3 heterocycles. The number of benzene rings is 3. The topological polar surface area (TPSA) is 113 Å². The van der Waals surface area contributed by atoms with Crippen LogP contribution < -0.4 is 10.0 Å². The first-order chi connectivity index (χ1) is 18.4. The van der Waals surface area contributed by atoms with Gasteiger partial charge in [-0.3, -0.25) is 9.29 Å². The quantitative estimate of drug-likeness (QED) is 0.290. The van der Waals surface area contributed by atoms with Gasteiger partial charge in [0, 0.05) is 0 Å². The second-order valence-electron chi connectivity index (χ2n) is 8.98. The lowest BCUT2D eigenvalue weighted by molar-refractivity contribution is 0.601. The molecule has 8 nitrogen and oxygen atoms in total. The van der Waals surface area contributed by atoms with E-state index in [9.17, 15) is 13.7 Å². The normalized spacial score (nSPS) is 15.1. The Kier molecular flexibility index (Phi) is 5.75. The Labute approximate surface area is 224 Å². The van der Waals surface area contributed by atoms with Gasteiger partial charge in [-0.05, 0) is 43.7 Å². The number of fused-ring (bicyclic) bond motifs is 3. The monoisotopic (exact) mass is 538 g/mol. The number of thiazole rings is 1. The number of nitrogens with one attached hydrogen (secondary N) is 2. The van der Waals surface area contributed by atoms with Crippen molar-refractivity contribution in [2.75, 3.05) is 10.0 Å². The van der Waals surface area contributed by atoms with Gasteiger partial charge in [0.05, 0.1) is 49.9 Å². The largest absolute Gasteiger partial charge is 0.323 e. The molecule has 1 atom stereocenters. The number of nitrogens with zero attached hydrogens (tertiary/aromatic N) is 4. The van der Waals surface area contributed by atoms with Gasteiger partial charge in [0.25, 0.3) is 10.0 Å². The van der Waals surface area contributed by atoms with Crippen molar-refractivity contribution in [3.8, 4) is 6.07 Å². The van der Waals surface area contributed by atoms with Crippen LogP contribution in [0.1, 0.15) is 27.7 Å². The first-order valence-electron chi connectivity index (χ1n) is 11.9. The third-order valence-electron chi connectivity index (χ3n) is 6.45. The number of rotatable bonds is 5. The second kappa shape index (κ2) is 9.13. The fourth-order valence-electron chi connectivity index (χ4n) is 4.65. The molecule has 1 aliphatic rings. The first-order valence-corrected chi connectivity index (χ1v) is 14.2. The number of anilines is 2. The smallest absolute Gasteiger partial charge is 0.263 e. The highest BCUT2D eigenvalue weighted by Crippen LogP contribution is 2.43. The van der Waals surface area contributed by atoms with Gasteiger partial charge in [-0.25, -0.2) is 18.4 Å². The Hall–Kier alpha value is -4.46. The molecule has 0 amide bonds. The van der Waals surface area contributed by atoms with Gasteiger partial charge in [-0.2, -0.15) is 5.26 Å². The van der Waals surface area contributed by atoms with E-state index in [1.165, 1.54) is 11.3 Å². The average Bonchev–Trinajstić information content (AvgIpc) is 3.47. The maximum Gasteiger partial charge on any atom is 0.263 e. The molecule has 0 saturated heterocycles. The van der Waals surface area contributed by atoms with Crippen molar-refractivity contribution in [3.05, 3.63) is 106 Å². The van der Waals surface area contributed by atoms with E-state index >= 15 is 0 Å². The third-order valence-corrected chi connectivity index (χ3v) is 9.02. The number of para-hydroxylation sites is 2. The predicted molar refractivity (Wildman–Crippen MR) is 149 cm³/mol. The van der Waals surface area contributed by atoms with E-state index in [0.29, 0.717) is 27.8 Å². The number of allylic oxidation sites excluding steroid dienone is 1. The molecule has 10 heteroatoms. The lowest BCUT2D eigenvalue weighted by Crippen LogP contribution is -2.23. The summed E-state index contributed by atoms with van der Waals surface area (Å²) in [7, 11) is -3.82. The van der Waals surface area contributed by atoms with Gasteiger partial charge >= 0.3 is 0 Å². The van der Waals surface area contributed by atoms with Crippen LogP contribution in [-0.2, 0) is 10.0 Å². The van der Waals surface area contributed by atoms with Crippen LogP contribution in [0.3, 0.4) is 0 Å². The Morgan fingerprint density at radius 2 is 1.68 bits per heavy atom. The number of hydrogen-bond acceptors (Lipinski definition) is 7. The fourth-order valence-corrected chi connectivity index (χ4v) is 6.87. The summed E-state index contributed by atoms with van der Waals surface area (Å²) in [6.07, 6.45) is 0. The van der Waals surface area contributed by atoms with E-state index in [1.54, 1.807) is 31.2 Å². The van der Waals surface area contributed by atoms with Crippen LogP contribution >= 0.6 is 11.3 Å². The molecule has 2 N–H and O–H groups in total. The number of sulfonamides is 1. The lowest BCUT2D eigenvalue weighted by atomic mass is 9.95. The second-order valence-corrected chi connectivity index (χ2v) is 11.7. The van der Waals surface area contributed by atoms with Crippen LogP contribution in [0.2, 0.25) is 0 Å². The van der Waals surface area contributed by atoms with Gasteiger partial charge < -0.3 is 5.32 Å². The van der Waals surface area contributed by atoms with Crippen molar-refractivity contribution in [1.82, 2.24) is 14.5 Å². The van der Waals surface area contributed by atoms with Crippen LogP contribution in [0.15, 0.2) is 89.3 Å². The third kappa shape index (κ3) is 4.02. The number of nitriles is 1. The average molecular weight is 539 g/mol. The van der Waals surface area contributed by atoms with Gasteiger partial charge in [0.1, 0.15) is 0 Å². The van der Waals surface area contributed by atoms with Crippen LogP contribution in [0.25, 0.3) is 16.7 Å². The van der Waals surface area contributed by atoms with Gasteiger partial charge in [0.2, 0.25) is 5.95 Å². The van der Waals surface area contributed by atoms with E-state index in [0.717, 1.165) is 22.2 Å². The molecule has 3 aromatic carbocycles. The van der Waals surface area contributed by atoms with Crippen molar-refractivity contribution in [3.63, 3.8) is 0 Å². The van der Waals surface area contributed by atoms with Crippen LogP contribution in [0.5, 0.6) is 0 Å². The highest BCUT2D eigenvalue weighted by molar-refractivity contribution is 7.93. The summed E-state index contributed by atoms with van der Waals surface area (Å²) in [5.41, 5.74) is 5.28. The molecule has 0 fully saturated rings. The summed E-state index contributed by atoms with van der Waals surface area (Å²) in [6.45, 7) is 3.70. The highest BCUT2D eigenvalue weighted by atomic mass is 32.2. The molecule has 5 aromatic rings. The Morgan fingerprint density at radius 1 is 0.974 bits per heavy atom. The highest BCUT2D eigenvalue weighted by Gasteiger charge is 2.34. The number of imidazole rings is 1. The van der Waals surface area contributed by atoms with E-state index in [1.807, 2.05) is 66.1 Å². The molecule has 6 rings (SSSR count). The standard InChI is InChI=1S/C28H22N6O2S2/c1-17-12-14-20(15-13-17)38(35,36)33-28-30-18(2)26(37-28)24-21(16-29)25(19-8-4-3-5-9-19)34-23-11-7-6-10-22(23)31-27(34)32-24/h3-15,25H,1-2H3,(H,30,33)(H,31,32). The van der Waals surface area contributed by atoms with Crippen LogP contribution in [0, 0.1) is 25.2 Å². The van der Waals surface area contributed by atoms with Crippen LogP contribution in [0.4, 0.5) is 11.1 Å². The molecule has 2 aromatic heterocycles. The molecular formula is C28H22N6O2S2. The van der Waals surface area contributed by atoms with E-state index in [-0.39, 0.29) is 10.0 Å². The Morgan fingerprint density at radius 3 is 2.42 bits per heavy atom. The molecule has 1 aliphatic heterocycles. The molecule has 1 unspecified atom stereocenters. The summed E-state index contributed by atoms with van der Waals surface area (Å²) in [5, 5.41) is 14.0. The fraction of sp³-hybridized carbons (Fsp3) is 0.107. The van der Waals surface area contributed by atoms with E-state index < -0.39 is 16.1 Å². The molecule has 0 bridgehead atoms. The lowest BCUT2D eigenvalue weighted by Gasteiger charge is -2.29. The summed E-state index contributed by atoms with van der Waals surface area (Å²) in [6, 6.07) is 26.2. The van der Waals surface area contributed by atoms with Crippen molar-refractivity contribution in [2.45, 2.75) is 24.8 Å². The zero-order valence-electron chi connectivity index (χ0n) is 20.5. The minimum Gasteiger partial charge on any atom is -0.323 e. The molecule has 0 aliphatic carbocycles. The van der Waals surface area contributed by atoms with Gasteiger partial charge in [-0.15, -0.1) is 0 Å². The number of hydrogen-bond donors (Lipinski definition) is 2. The zero-order chi connectivity index (χ0) is 26.4. The van der Waals surface area contributed by atoms with E-state index in [4.69, 9.17) is 4.98 Å². The van der Waals surface area contributed by atoms with Crippen LogP contribution in [-0.4, -0.2) is 23.0 Å². The summed E-state index contributed by atoms with van der Waals surface area (Å²) in [4.78, 5) is 10.1. The summed E-state index contributed by atoms with van der Waals surface area (Å²) >= 11 is 1.18. The Bertz CT molecular complexity index is 1860. The van der Waals surface area contributed by atoms with Crippen molar-refractivity contribution < 1.29 is 8.42 Å². The Balaban J connectivity index is 1.47. The summed E-state index contributed by atoms with van der Waals surface area (Å²) in [5.74, 6) is 0.601. The van der Waals surface area contributed by atoms with E-state index in [2.05, 4.69) is 21.1 Å².